The Morgan fingerprint density at radius 1 is 1.22 bits per heavy atom. The number of halogens is 1. The number of benzene rings is 1. The number of hydrogen-bond acceptors (Lipinski definition) is 2. The van der Waals surface area contributed by atoms with Gasteiger partial charge in [-0.25, -0.2) is 4.79 Å². The predicted octanol–water partition coefficient (Wildman–Crippen LogP) is 4.21. The maximum atomic E-state index is 12.4. The molecule has 1 heterocycles. The van der Waals surface area contributed by atoms with Crippen molar-refractivity contribution in [1.29, 1.82) is 0 Å². The van der Waals surface area contributed by atoms with Crippen LogP contribution in [0, 0.1) is 0 Å². The standard InChI is InChI=1S/C18H18BrNO3/c19-16-10-14(18(22)23)11-20(17(16)21)15-8-4-7-13(9-15)12-5-2-1-3-6-12/h1-3,5-6,10-11,13,15H,4,7-9H2,(H,22,23). The molecule has 1 fully saturated rings. The minimum absolute atomic E-state index is 0.0389. The maximum absolute atomic E-state index is 12.4. The molecule has 0 saturated heterocycles. The molecule has 2 aromatic rings. The van der Waals surface area contributed by atoms with E-state index in [-0.39, 0.29) is 17.2 Å². The smallest absolute Gasteiger partial charge is 0.337 e. The van der Waals surface area contributed by atoms with Gasteiger partial charge in [0.1, 0.15) is 0 Å². The third-order valence-corrected chi connectivity index (χ3v) is 5.13. The molecule has 5 heteroatoms. The van der Waals surface area contributed by atoms with Crippen molar-refractivity contribution in [2.45, 2.75) is 37.6 Å². The predicted molar refractivity (Wildman–Crippen MR) is 92.0 cm³/mol. The summed E-state index contributed by atoms with van der Waals surface area (Å²) >= 11 is 3.20. The number of carboxylic acid groups (broad SMARTS) is 1. The van der Waals surface area contributed by atoms with Crippen LogP contribution in [-0.2, 0) is 0 Å². The van der Waals surface area contributed by atoms with Gasteiger partial charge < -0.3 is 9.67 Å². The molecule has 0 aliphatic heterocycles. The van der Waals surface area contributed by atoms with Gasteiger partial charge in [-0.15, -0.1) is 0 Å². The summed E-state index contributed by atoms with van der Waals surface area (Å²) in [5.41, 5.74) is 1.27. The van der Waals surface area contributed by atoms with E-state index in [0.29, 0.717) is 10.4 Å². The minimum Gasteiger partial charge on any atom is -0.478 e. The van der Waals surface area contributed by atoms with Crippen LogP contribution in [-0.4, -0.2) is 15.6 Å². The number of carbonyl (C=O) groups is 1. The van der Waals surface area contributed by atoms with Gasteiger partial charge >= 0.3 is 5.97 Å². The molecule has 1 saturated carbocycles. The summed E-state index contributed by atoms with van der Waals surface area (Å²) in [5, 5.41) is 9.22. The second kappa shape index (κ2) is 6.71. The topological polar surface area (TPSA) is 59.3 Å². The number of nitrogens with zero attached hydrogens (tertiary/aromatic N) is 1. The molecule has 1 N–H and O–H groups in total. The fraction of sp³-hybridized carbons (Fsp3) is 0.333. The lowest BCUT2D eigenvalue weighted by Crippen LogP contribution is -2.29. The van der Waals surface area contributed by atoms with E-state index < -0.39 is 5.97 Å². The van der Waals surface area contributed by atoms with Crippen molar-refractivity contribution in [3.8, 4) is 0 Å². The number of aromatic carboxylic acids is 1. The quantitative estimate of drug-likeness (QED) is 0.873. The highest BCUT2D eigenvalue weighted by Gasteiger charge is 2.26. The van der Waals surface area contributed by atoms with Crippen molar-refractivity contribution in [3.05, 3.63) is 68.5 Å². The van der Waals surface area contributed by atoms with Gasteiger partial charge in [0.15, 0.2) is 0 Å². The first-order valence-corrected chi connectivity index (χ1v) is 8.55. The second-order valence-corrected chi connectivity index (χ2v) is 6.88. The van der Waals surface area contributed by atoms with Gasteiger partial charge in [-0.3, -0.25) is 4.79 Å². The first-order chi connectivity index (χ1) is 11.1. The van der Waals surface area contributed by atoms with Gasteiger partial charge in [0.25, 0.3) is 5.56 Å². The summed E-state index contributed by atoms with van der Waals surface area (Å²) < 4.78 is 1.90. The summed E-state index contributed by atoms with van der Waals surface area (Å²) in [6.45, 7) is 0. The molecule has 1 aromatic carbocycles. The first-order valence-electron chi connectivity index (χ1n) is 7.76. The maximum Gasteiger partial charge on any atom is 0.337 e. The van der Waals surface area contributed by atoms with Crippen LogP contribution in [0.5, 0.6) is 0 Å². The largest absolute Gasteiger partial charge is 0.478 e. The van der Waals surface area contributed by atoms with E-state index in [9.17, 15) is 14.7 Å². The highest BCUT2D eigenvalue weighted by atomic mass is 79.9. The zero-order valence-electron chi connectivity index (χ0n) is 12.6. The Morgan fingerprint density at radius 3 is 2.65 bits per heavy atom. The van der Waals surface area contributed by atoms with Crippen LogP contribution in [0.15, 0.2) is 51.9 Å². The number of hydrogen-bond donors (Lipinski definition) is 1. The molecule has 0 bridgehead atoms. The first kappa shape index (κ1) is 16.0. The lowest BCUT2D eigenvalue weighted by Gasteiger charge is -2.31. The summed E-state index contributed by atoms with van der Waals surface area (Å²) in [5.74, 6) is -0.607. The van der Waals surface area contributed by atoms with Crippen molar-refractivity contribution in [2.24, 2.45) is 0 Å². The van der Waals surface area contributed by atoms with Gasteiger partial charge in [0, 0.05) is 12.2 Å². The van der Waals surface area contributed by atoms with Crippen molar-refractivity contribution >= 4 is 21.9 Å². The monoisotopic (exact) mass is 375 g/mol. The third-order valence-electron chi connectivity index (χ3n) is 4.56. The van der Waals surface area contributed by atoms with Gasteiger partial charge in [-0.05, 0) is 52.7 Å². The van der Waals surface area contributed by atoms with Crippen LogP contribution in [0.25, 0.3) is 0 Å². The lowest BCUT2D eigenvalue weighted by molar-refractivity contribution is 0.0695. The van der Waals surface area contributed by atoms with Gasteiger partial charge in [0.2, 0.25) is 0 Å². The van der Waals surface area contributed by atoms with E-state index in [1.807, 2.05) is 18.2 Å². The van der Waals surface area contributed by atoms with E-state index in [1.165, 1.54) is 17.8 Å². The van der Waals surface area contributed by atoms with Crippen LogP contribution in [0.2, 0.25) is 0 Å². The van der Waals surface area contributed by atoms with E-state index in [4.69, 9.17) is 0 Å². The third kappa shape index (κ3) is 3.39. The zero-order valence-corrected chi connectivity index (χ0v) is 14.2. The van der Waals surface area contributed by atoms with Crippen molar-refractivity contribution in [1.82, 2.24) is 4.57 Å². The van der Waals surface area contributed by atoms with E-state index in [0.717, 1.165) is 25.7 Å². The van der Waals surface area contributed by atoms with Gasteiger partial charge in [0.05, 0.1) is 10.0 Å². The Morgan fingerprint density at radius 2 is 1.96 bits per heavy atom. The average Bonchev–Trinajstić information content (AvgIpc) is 2.58. The lowest BCUT2D eigenvalue weighted by atomic mass is 9.81. The number of aromatic nitrogens is 1. The van der Waals surface area contributed by atoms with Crippen LogP contribution in [0.4, 0.5) is 0 Å². The fourth-order valence-electron chi connectivity index (χ4n) is 3.40. The van der Waals surface area contributed by atoms with E-state index in [2.05, 4.69) is 28.1 Å². The molecule has 2 unspecified atom stereocenters. The fourth-order valence-corrected chi connectivity index (χ4v) is 3.85. The SMILES string of the molecule is O=C(O)c1cc(Br)c(=O)n(C2CCCC(c3ccccc3)C2)c1. The van der Waals surface area contributed by atoms with Crippen molar-refractivity contribution in [3.63, 3.8) is 0 Å². The molecule has 1 aliphatic rings. The average molecular weight is 376 g/mol. The summed E-state index contributed by atoms with van der Waals surface area (Å²) in [6, 6.07) is 11.7. The second-order valence-electron chi connectivity index (χ2n) is 6.02. The zero-order chi connectivity index (χ0) is 16.4. The Labute approximate surface area is 142 Å². The normalized spacial score (nSPS) is 21.1. The summed E-state index contributed by atoms with van der Waals surface area (Å²) in [4.78, 5) is 23.7. The molecule has 120 valence electrons. The molecule has 1 aliphatic carbocycles. The Bertz CT molecular complexity index is 770. The molecular formula is C18H18BrNO3. The Balaban J connectivity index is 1.92. The van der Waals surface area contributed by atoms with Crippen molar-refractivity contribution in [2.75, 3.05) is 0 Å². The molecule has 0 radical (unpaired) electrons. The summed E-state index contributed by atoms with van der Waals surface area (Å²) in [7, 11) is 0. The number of carboxylic acids is 1. The number of pyridine rings is 1. The molecule has 4 nitrogen and oxygen atoms in total. The Kier molecular flexibility index (Phi) is 4.66. The number of rotatable bonds is 3. The minimum atomic E-state index is -1.02. The van der Waals surface area contributed by atoms with Crippen LogP contribution in [0.3, 0.4) is 0 Å². The summed E-state index contributed by atoms with van der Waals surface area (Å²) in [6.07, 6.45) is 5.38. The molecule has 0 amide bonds. The molecule has 2 atom stereocenters. The molecular weight excluding hydrogens is 358 g/mol. The van der Waals surface area contributed by atoms with E-state index in [1.54, 1.807) is 4.57 Å². The van der Waals surface area contributed by atoms with E-state index >= 15 is 0 Å². The molecule has 1 aromatic heterocycles. The molecule has 23 heavy (non-hydrogen) atoms. The van der Waals surface area contributed by atoms with Crippen LogP contribution in [0.1, 0.15) is 53.6 Å². The Hall–Kier alpha value is -1.88. The van der Waals surface area contributed by atoms with Gasteiger partial charge in [-0.2, -0.15) is 0 Å². The molecule has 3 rings (SSSR count). The van der Waals surface area contributed by atoms with Crippen LogP contribution >= 0.6 is 15.9 Å². The van der Waals surface area contributed by atoms with Crippen LogP contribution < -0.4 is 5.56 Å². The molecule has 0 spiro atoms. The highest BCUT2D eigenvalue weighted by molar-refractivity contribution is 9.10. The van der Waals surface area contributed by atoms with Gasteiger partial charge in [-0.1, -0.05) is 36.8 Å². The van der Waals surface area contributed by atoms with Crippen molar-refractivity contribution < 1.29 is 9.90 Å². The highest BCUT2D eigenvalue weighted by Crippen LogP contribution is 2.38.